The predicted octanol–water partition coefficient (Wildman–Crippen LogP) is 2.66. The molecule has 0 aromatic heterocycles. The number of hydrogen-bond donors (Lipinski definition) is 1. The molecule has 2 fully saturated rings. The van der Waals surface area contributed by atoms with Crippen molar-refractivity contribution in [2.24, 2.45) is 5.41 Å². The standard InChI is InChI=1S/C11H21NS/c1-11(2)6-9(7-11)12-8-10-4-3-5-13-10/h9-10,12H,3-8H2,1-2H3. The second-order valence-corrected chi connectivity index (χ2v) is 6.72. The van der Waals surface area contributed by atoms with Gasteiger partial charge in [-0.1, -0.05) is 13.8 Å². The van der Waals surface area contributed by atoms with Crippen molar-refractivity contribution >= 4 is 11.8 Å². The van der Waals surface area contributed by atoms with E-state index in [-0.39, 0.29) is 0 Å². The van der Waals surface area contributed by atoms with E-state index in [0.29, 0.717) is 5.41 Å². The molecule has 0 amide bonds. The van der Waals surface area contributed by atoms with Crippen molar-refractivity contribution in [3.8, 4) is 0 Å². The van der Waals surface area contributed by atoms with Gasteiger partial charge in [0, 0.05) is 17.8 Å². The molecule has 76 valence electrons. The molecule has 0 aromatic carbocycles. The van der Waals surface area contributed by atoms with Crippen LogP contribution < -0.4 is 5.32 Å². The van der Waals surface area contributed by atoms with Gasteiger partial charge in [-0.15, -0.1) is 0 Å². The third-order valence-corrected chi connectivity index (χ3v) is 4.65. The average Bonchev–Trinajstić information content (AvgIpc) is 2.48. The smallest absolute Gasteiger partial charge is 0.0172 e. The molecule has 1 atom stereocenters. The molecule has 2 rings (SSSR count). The molecule has 0 spiro atoms. The molecule has 2 aliphatic rings. The van der Waals surface area contributed by atoms with Crippen LogP contribution in [0.4, 0.5) is 0 Å². The maximum absolute atomic E-state index is 3.70. The molecule has 1 aliphatic heterocycles. The van der Waals surface area contributed by atoms with Crippen molar-refractivity contribution in [3.63, 3.8) is 0 Å². The van der Waals surface area contributed by atoms with E-state index in [9.17, 15) is 0 Å². The summed E-state index contributed by atoms with van der Waals surface area (Å²) in [7, 11) is 0. The summed E-state index contributed by atoms with van der Waals surface area (Å²) in [6.45, 7) is 6.00. The highest BCUT2D eigenvalue weighted by molar-refractivity contribution is 8.00. The quantitative estimate of drug-likeness (QED) is 0.750. The summed E-state index contributed by atoms with van der Waals surface area (Å²) in [4.78, 5) is 0. The van der Waals surface area contributed by atoms with Gasteiger partial charge in [0.1, 0.15) is 0 Å². The highest BCUT2D eigenvalue weighted by atomic mass is 32.2. The molecule has 13 heavy (non-hydrogen) atoms. The minimum atomic E-state index is 0.625. The molecule has 0 aromatic rings. The van der Waals surface area contributed by atoms with Crippen LogP contribution in [0.5, 0.6) is 0 Å². The zero-order valence-electron chi connectivity index (χ0n) is 8.81. The van der Waals surface area contributed by atoms with Gasteiger partial charge in [0.05, 0.1) is 0 Å². The number of rotatable bonds is 3. The second-order valence-electron chi connectivity index (χ2n) is 5.31. The van der Waals surface area contributed by atoms with Gasteiger partial charge in [0.15, 0.2) is 0 Å². The molecule has 0 radical (unpaired) electrons. The predicted molar refractivity (Wildman–Crippen MR) is 60.3 cm³/mol. The van der Waals surface area contributed by atoms with Gasteiger partial charge in [-0.3, -0.25) is 0 Å². The number of nitrogens with one attached hydrogen (secondary N) is 1. The SMILES string of the molecule is CC1(C)CC(NCC2CCCS2)C1. The van der Waals surface area contributed by atoms with Crippen molar-refractivity contribution in [1.82, 2.24) is 5.32 Å². The molecule has 1 saturated heterocycles. The summed E-state index contributed by atoms with van der Waals surface area (Å²) in [5, 5.41) is 4.62. The van der Waals surface area contributed by atoms with E-state index in [4.69, 9.17) is 0 Å². The maximum atomic E-state index is 3.70. The molecule has 0 bridgehead atoms. The topological polar surface area (TPSA) is 12.0 Å². The number of hydrogen-bond acceptors (Lipinski definition) is 2. The van der Waals surface area contributed by atoms with E-state index >= 15 is 0 Å². The molecular formula is C11H21NS. The van der Waals surface area contributed by atoms with Crippen molar-refractivity contribution in [2.45, 2.75) is 50.8 Å². The van der Waals surface area contributed by atoms with E-state index in [1.165, 1.54) is 38.0 Å². The fraction of sp³-hybridized carbons (Fsp3) is 1.00. The third kappa shape index (κ3) is 2.63. The first-order valence-corrected chi connectivity index (χ1v) is 6.56. The van der Waals surface area contributed by atoms with E-state index < -0.39 is 0 Å². The summed E-state index contributed by atoms with van der Waals surface area (Å²) < 4.78 is 0. The van der Waals surface area contributed by atoms with Crippen LogP contribution in [0, 0.1) is 5.41 Å². The third-order valence-electron chi connectivity index (χ3n) is 3.26. The van der Waals surface area contributed by atoms with E-state index in [0.717, 1.165) is 11.3 Å². The normalized spacial score (nSPS) is 33.2. The summed E-state index contributed by atoms with van der Waals surface area (Å²) in [5.41, 5.74) is 0.625. The lowest BCUT2D eigenvalue weighted by Crippen LogP contribution is -2.47. The Morgan fingerprint density at radius 1 is 1.38 bits per heavy atom. The van der Waals surface area contributed by atoms with Crippen molar-refractivity contribution in [1.29, 1.82) is 0 Å². The van der Waals surface area contributed by atoms with Crippen molar-refractivity contribution in [3.05, 3.63) is 0 Å². The molecule has 1 unspecified atom stereocenters. The van der Waals surface area contributed by atoms with Gasteiger partial charge in [-0.25, -0.2) is 0 Å². The van der Waals surface area contributed by atoms with Crippen LogP contribution in [-0.4, -0.2) is 23.6 Å². The van der Waals surface area contributed by atoms with Gasteiger partial charge in [0.2, 0.25) is 0 Å². The first-order chi connectivity index (χ1) is 6.16. The summed E-state index contributed by atoms with van der Waals surface area (Å²) in [5.74, 6) is 1.39. The van der Waals surface area contributed by atoms with Crippen LogP contribution in [0.15, 0.2) is 0 Å². The monoisotopic (exact) mass is 199 g/mol. The molecule has 1 N–H and O–H groups in total. The van der Waals surface area contributed by atoms with E-state index in [1.807, 2.05) is 0 Å². The van der Waals surface area contributed by atoms with E-state index in [1.54, 1.807) is 0 Å². The zero-order valence-corrected chi connectivity index (χ0v) is 9.62. The Hall–Kier alpha value is 0.310. The molecule has 1 nitrogen and oxygen atoms in total. The Morgan fingerprint density at radius 3 is 2.69 bits per heavy atom. The van der Waals surface area contributed by atoms with Crippen molar-refractivity contribution < 1.29 is 0 Å². The van der Waals surface area contributed by atoms with Crippen LogP contribution in [0.25, 0.3) is 0 Å². The van der Waals surface area contributed by atoms with Crippen LogP contribution in [0.2, 0.25) is 0 Å². The highest BCUT2D eigenvalue weighted by Crippen LogP contribution is 2.40. The lowest BCUT2D eigenvalue weighted by atomic mass is 9.68. The first-order valence-electron chi connectivity index (χ1n) is 5.51. The van der Waals surface area contributed by atoms with Crippen LogP contribution in [0.1, 0.15) is 39.5 Å². The molecule has 1 heterocycles. The van der Waals surface area contributed by atoms with Crippen LogP contribution in [-0.2, 0) is 0 Å². The minimum absolute atomic E-state index is 0.625. The fourth-order valence-corrected chi connectivity index (χ4v) is 3.74. The van der Waals surface area contributed by atoms with Gasteiger partial charge >= 0.3 is 0 Å². The molecular weight excluding hydrogens is 178 g/mol. The lowest BCUT2D eigenvalue weighted by Gasteiger charge is -2.43. The fourth-order valence-electron chi connectivity index (χ4n) is 2.52. The largest absolute Gasteiger partial charge is 0.313 e. The van der Waals surface area contributed by atoms with Gasteiger partial charge in [-0.2, -0.15) is 11.8 Å². The Bertz CT molecular complexity index is 165. The second kappa shape index (κ2) is 3.82. The Balaban J connectivity index is 1.59. The summed E-state index contributed by atoms with van der Waals surface area (Å²) >= 11 is 2.16. The highest BCUT2D eigenvalue weighted by Gasteiger charge is 2.35. The maximum Gasteiger partial charge on any atom is 0.0172 e. The Kier molecular flexibility index (Phi) is 2.89. The van der Waals surface area contributed by atoms with Crippen LogP contribution >= 0.6 is 11.8 Å². The first kappa shape index (κ1) is 9.85. The minimum Gasteiger partial charge on any atom is -0.313 e. The van der Waals surface area contributed by atoms with Gasteiger partial charge < -0.3 is 5.32 Å². The van der Waals surface area contributed by atoms with Crippen LogP contribution in [0.3, 0.4) is 0 Å². The van der Waals surface area contributed by atoms with Gasteiger partial charge in [0.25, 0.3) is 0 Å². The molecule has 2 heteroatoms. The lowest BCUT2D eigenvalue weighted by molar-refractivity contribution is 0.127. The summed E-state index contributed by atoms with van der Waals surface area (Å²) in [6, 6.07) is 0.830. The molecule has 1 aliphatic carbocycles. The van der Waals surface area contributed by atoms with E-state index in [2.05, 4.69) is 30.9 Å². The Morgan fingerprint density at radius 2 is 2.15 bits per heavy atom. The average molecular weight is 199 g/mol. The van der Waals surface area contributed by atoms with Crippen molar-refractivity contribution in [2.75, 3.05) is 12.3 Å². The Labute approximate surface area is 86.0 Å². The zero-order chi connectivity index (χ0) is 9.31. The summed E-state index contributed by atoms with van der Waals surface area (Å²) in [6.07, 6.45) is 5.63. The van der Waals surface area contributed by atoms with Gasteiger partial charge in [-0.05, 0) is 36.9 Å². The molecule has 1 saturated carbocycles. The number of thioether (sulfide) groups is 1.